The van der Waals surface area contributed by atoms with E-state index in [1.165, 1.54) is 12.1 Å². The minimum atomic E-state index is -1.38. The standard InChI is InChI=1S/C14H7BrF2N2O2/c15-7-2-1-3-8(16)12(7)13-18-10-4-6(14(20)21)9(17)5-11(10)19-13/h1-5H,(H,18,19)(H,20,21). The van der Waals surface area contributed by atoms with Gasteiger partial charge in [-0.3, -0.25) is 0 Å². The topological polar surface area (TPSA) is 66.0 Å². The molecule has 0 atom stereocenters. The fourth-order valence-corrected chi connectivity index (χ4v) is 2.57. The van der Waals surface area contributed by atoms with Gasteiger partial charge in [0.05, 0.1) is 22.2 Å². The van der Waals surface area contributed by atoms with Gasteiger partial charge in [0.15, 0.2) is 0 Å². The number of aromatic amines is 1. The van der Waals surface area contributed by atoms with Gasteiger partial charge in [0.1, 0.15) is 17.5 Å². The third-order valence-corrected chi connectivity index (χ3v) is 3.66. The summed E-state index contributed by atoms with van der Waals surface area (Å²) in [6.45, 7) is 0. The molecule has 0 aliphatic carbocycles. The van der Waals surface area contributed by atoms with Crippen molar-refractivity contribution in [3.8, 4) is 11.4 Å². The van der Waals surface area contributed by atoms with Gasteiger partial charge in [-0.25, -0.2) is 18.6 Å². The summed E-state index contributed by atoms with van der Waals surface area (Å²) in [7, 11) is 0. The largest absolute Gasteiger partial charge is 0.478 e. The van der Waals surface area contributed by atoms with E-state index in [9.17, 15) is 13.6 Å². The fraction of sp³-hybridized carbons (Fsp3) is 0. The summed E-state index contributed by atoms with van der Waals surface area (Å²) >= 11 is 3.23. The summed E-state index contributed by atoms with van der Waals surface area (Å²) in [5.41, 5.74) is 0.265. The summed E-state index contributed by atoms with van der Waals surface area (Å²) in [5, 5.41) is 8.89. The first-order chi connectivity index (χ1) is 9.97. The van der Waals surface area contributed by atoms with Crippen LogP contribution in [0.1, 0.15) is 10.4 Å². The predicted molar refractivity (Wildman–Crippen MR) is 76.1 cm³/mol. The van der Waals surface area contributed by atoms with Gasteiger partial charge in [0, 0.05) is 10.5 Å². The molecule has 0 fully saturated rings. The minimum Gasteiger partial charge on any atom is -0.478 e. The first-order valence-electron chi connectivity index (χ1n) is 5.84. The minimum absolute atomic E-state index is 0.192. The zero-order valence-electron chi connectivity index (χ0n) is 10.3. The Morgan fingerprint density at radius 3 is 2.67 bits per heavy atom. The third kappa shape index (κ3) is 2.29. The summed E-state index contributed by atoms with van der Waals surface area (Å²) in [6, 6.07) is 6.60. The van der Waals surface area contributed by atoms with E-state index < -0.39 is 23.2 Å². The van der Waals surface area contributed by atoms with Gasteiger partial charge < -0.3 is 10.1 Å². The molecular formula is C14H7BrF2N2O2. The van der Waals surface area contributed by atoms with Crippen LogP contribution in [0, 0.1) is 11.6 Å². The van der Waals surface area contributed by atoms with Gasteiger partial charge in [0.2, 0.25) is 0 Å². The Labute approximate surface area is 125 Å². The van der Waals surface area contributed by atoms with E-state index >= 15 is 0 Å². The number of nitrogens with zero attached hydrogens (tertiary/aromatic N) is 1. The van der Waals surface area contributed by atoms with Crippen molar-refractivity contribution >= 4 is 32.9 Å². The molecule has 0 saturated heterocycles. The highest BCUT2D eigenvalue weighted by Crippen LogP contribution is 2.30. The Morgan fingerprint density at radius 2 is 2.00 bits per heavy atom. The zero-order valence-corrected chi connectivity index (χ0v) is 11.9. The number of hydrogen-bond donors (Lipinski definition) is 2. The lowest BCUT2D eigenvalue weighted by molar-refractivity contribution is 0.0692. The van der Waals surface area contributed by atoms with Gasteiger partial charge in [-0.05, 0) is 34.1 Å². The zero-order chi connectivity index (χ0) is 15.1. The fourth-order valence-electron chi connectivity index (χ4n) is 2.04. The van der Waals surface area contributed by atoms with Gasteiger partial charge >= 0.3 is 5.97 Å². The van der Waals surface area contributed by atoms with E-state index in [2.05, 4.69) is 25.9 Å². The Hall–Kier alpha value is -2.28. The molecule has 4 nitrogen and oxygen atoms in total. The molecule has 0 spiro atoms. The van der Waals surface area contributed by atoms with Crippen molar-refractivity contribution in [2.45, 2.75) is 0 Å². The third-order valence-electron chi connectivity index (χ3n) is 3.00. The molecule has 0 saturated carbocycles. The van der Waals surface area contributed by atoms with E-state index in [4.69, 9.17) is 5.11 Å². The van der Waals surface area contributed by atoms with Crippen molar-refractivity contribution in [2.24, 2.45) is 0 Å². The number of H-pyrrole nitrogens is 1. The molecule has 0 unspecified atom stereocenters. The lowest BCUT2D eigenvalue weighted by Gasteiger charge is -2.01. The van der Waals surface area contributed by atoms with Crippen LogP contribution in [-0.4, -0.2) is 21.0 Å². The lowest BCUT2D eigenvalue weighted by Crippen LogP contribution is -1.99. The van der Waals surface area contributed by atoms with Crippen LogP contribution in [0.15, 0.2) is 34.8 Å². The number of hydrogen-bond acceptors (Lipinski definition) is 2. The van der Waals surface area contributed by atoms with Crippen molar-refractivity contribution in [1.29, 1.82) is 0 Å². The second kappa shape index (κ2) is 4.92. The van der Waals surface area contributed by atoms with Gasteiger partial charge in [0.25, 0.3) is 0 Å². The van der Waals surface area contributed by atoms with E-state index in [1.54, 1.807) is 6.07 Å². The van der Waals surface area contributed by atoms with Crippen LogP contribution in [0.5, 0.6) is 0 Å². The molecule has 1 aromatic heterocycles. The number of carbonyl (C=O) groups is 1. The highest BCUT2D eigenvalue weighted by atomic mass is 79.9. The lowest BCUT2D eigenvalue weighted by atomic mass is 10.2. The smallest absolute Gasteiger partial charge is 0.338 e. The van der Waals surface area contributed by atoms with E-state index in [1.807, 2.05) is 0 Å². The van der Waals surface area contributed by atoms with E-state index in [0.717, 1.165) is 12.1 Å². The molecular weight excluding hydrogens is 346 g/mol. The number of carboxylic acid groups (broad SMARTS) is 1. The second-order valence-electron chi connectivity index (χ2n) is 4.34. The molecule has 0 bridgehead atoms. The molecule has 106 valence electrons. The SMILES string of the molecule is O=C(O)c1cc2nc(-c3c(F)cccc3Br)[nH]c2cc1F. The number of carboxylic acids is 1. The van der Waals surface area contributed by atoms with Crippen molar-refractivity contribution in [2.75, 3.05) is 0 Å². The summed E-state index contributed by atoms with van der Waals surface area (Å²) in [4.78, 5) is 17.8. The van der Waals surface area contributed by atoms with Crippen LogP contribution < -0.4 is 0 Å². The van der Waals surface area contributed by atoms with Crippen LogP contribution >= 0.6 is 15.9 Å². The van der Waals surface area contributed by atoms with Crippen molar-refractivity contribution in [3.05, 3.63) is 52.0 Å². The monoisotopic (exact) mass is 352 g/mol. The summed E-state index contributed by atoms with van der Waals surface area (Å²) in [5.74, 6) is -2.57. The number of rotatable bonds is 2. The van der Waals surface area contributed by atoms with Gasteiger partial charge in [-0.15, -0.1) is 0 Å². The number of aromatic carboxylic acids is 1. The van der Waals surface area contributed by atoms with Crippen LogP contribution in [-0.2, 0) is 0 Å². The maximum Gasteiger partial charge on any atom is 0.338 e. The van der Waals surface area contributed by atoms with Crippen LogP contribution in [0.4, 0.5) is 8.78 Å². The quantitative estimate of drug-likeness (QED) is 0.733. The molecule has 0 amide bonds. The highest BCUT2D eigenvalue weighted by molar-refractivity contribution is 9.10. The Kier molecular flexibility index (Phi) is 3.21. The summed E-state index contributed by atoms with van der Waals surface area (Å²) in [6.07, 6.45) is 0. The first kappa shape index (κ1) is 13.7. The Balaban J connectivity index is 2.25. The molecule has 2 aromatic carbocycles. The maximum absolute atomic E-state index is 13.9. The molecule has 3 aromatic rings. The van der Waals surface area contributed by atoms with E-state index in [-0.39, 0.29) is 16.9 Å². The molecule has 7 heteroatoms. The molecule has 0 aliphatic heterocycles. The van der Waals surface area contributed by atoms with Gasteiger partial charge in [-0.1, -0.05) is 6.07 Å². The summed E-state index contributed by atoms with van der Waals surface area (Å²) < 4.78 is 28.0. The number of nitrogens with one attached hydrogen (secondary N) is 1. The highest BCUT2D eigenvalue weighted by Gasteiger charge is 2.17. The molecule has 2 N–H and O–H groups in total. The molecule has 21 heavy (non-hydrogen) atoms. The second-order valence-corrected chi connectivity index (χ2v) is 5.19. The first-order valence-corrected chi connectivity index (χ1v) is 6.63. The number of fused-ring (bicyclic) bond motifs is 1. The van der Waals surface area contributed by atoms with Crippen LogP contribution in [0.2, 0.25) is 0 Å². The average molecular weight is 353 g/mol. The Bertz CT molecular complexity index is 857. The Morgan fingerprint density at radius 1 is 1.24 bits per heavy atom. The molecule has 0 aliphatic rings. The normalized spacial score (nSPS) is 11.0. The van der Waals surface area contributed by atoms with Crippen LogP contribution in [0.3, 0.4) is 0 Å². The van der Waals surface area contributed by atoms with Crippen molar-refractivity contribution in [1.82, 2.24) is 9.97 Å². The van der Waals surface area contributed by atoms with E-state index in [0.29, 0.717) is 9.99 Å². The maximum atomic E-state index is 13.9. The number of halogens is 3. The molecule has 3 rings (SSSR count). The molecule has 0 radical (unpaired) electrons. The van der Waals surface area contributed by atoms with Crippen molar-refractivity contribution in [3.63, 3.8) is 0 Å². The predicted octanol–water partition coefficient (Wildman–Crippen LogP) is 3.97. The van der Waals surface area contributed by atoms with Crippen LogP contribution in [0.25, 0.3) is 22.4 Å². The average Bonchev–Trinajstić information content (AvgIpc) is 2.79. The van der Waals surface area contributed by atoms with Crippen molar-refractivity contribution < 1.29 is 18.7 Å². The number of benzene rings is 2. The number of imidazole rings is 1. The number of aromatic nitrogens is 2. The van der Waals surface area contributed by atoms with Gasteiger partial charge in [-0.2, -0.15) is 0 Å². The molecule has 1 heterocycles.